The van der Waals surface area contributed by atoms with E-state index in [1.165, 1.54) is 0 Å². The van der Waals surface area contributed by atoms with Crippen molar-refractivity contribution in [1.29, 1.82) is 5.26 Å². The van der Waals surface area contributed by atoms with Gasteiger partial charge in [0.2, 0.25) is 0 Å². The summed E-state index contributed by atoms with van der Waals surface area (Å²) in [6, 6.07) is 17.9. The van der Waals surface area contributed by atoms with Gasteiger partial charge in [-0.25, -0.2) is 4.98 Å². The van der Waals surface area contributed by atoms with Crippen molar-refractivity contribution in [2.75, 3.05) is 0 Å². The standard InChI is InChI=1S/C16H11N3/c17-12-14-15-8-4-5-11-19(15)16(18-14)10-9-13-6-2-1-3-7-13/h1-11H/b10-9+. The summed E-state index contributed by atoms with van der Waals surface area (Å²) in [7, 11) is 0. The number of imidazole rings is 1. The first-order valence-electron chi connectivity index (χ1n) is 5.99. The highest BCUT2D eigenvalue weighted by atomic mass is 15.0. The molecule has 0 unspecified atom stereocenters. The van der Waals surface area contributed by atoms with Crippen LogP contribution in [0.1, 0.15) is 17.1 Å². The van der Waals surface area contributed by atoms with Crippen molar-refractivity contribution in [3.05, 3.63) is 71.8 Å². The number of hydrogen-bond donors (Lipinski definition) is 0. The lowest BCUT2D eigenvalue weighted by Crippen LogP contribution is -1.85. The smallest absolute Gasteiger partial charge is 0.166 e. The van der Waals surface area contributed by atoms with Gasteiger partial charge in [0.05, 0.1) is 5.52 Å². The molecule has 0 atom stereocenters. The monoisotopic (exact) mass is 245 g/mol. The third-order valence-electron chi connectivity index (χ3n) is 2.91. The molecule has 0 fully saturated rings. The molecule has 0 spiro atoms. The lowest BCUT2D eigenvalue weighted by atomic mass is 10.2. The maximum Gasteiger partial charge on any atom is 0.166 e. The lowest BCUT2D eigenvalue weighted by molar-refractivity contribution is 1.12. The summed E-state index contributed by atoms with van der Waals surface area (Å²) in [5.41, 5.74) is 2.39. The summed E-state index contributed by atoms with van der Waals surface area (Å²) >= 11 is 0. The average Bonchev–Trinajstić information content (AvgIpc) is 2.84. The minimum Gasteiger partial charge on any atom is -0.299 e. The van der Waals surface area contributed by atoms with Gasteiger partial charge in [-0.3, -0.25) is 4.40 Å². The van der Waals surface area contributed by atoms with E-state index >= 15 is 0 Å². The molecule has 0 saturated carbocycles. The van der Waals surface area contributed by atoms with Gasteiger partial charge in [-0.2, -0.15) is 5.26 Å². The van der Waals surface area contributed by atoms with E-state index in [-0.39, 0.29) is 0 Å². The van der Waals surface area contributed by atoms with Gasteiger partial charge in [-0.1, -0.05) is 42.5 Å². The molecule has 3 nitrogen and oxygen atoms in total. The van der Waals surface area contributed by atoms with Crippen LogP contribution in [0.2, 0.25) is 0 Å². The molecule has 0 aliphatic heterocycles. The van der Waals surface area contributed by atoms with E-state index in [0.717, 1.165) is 16.9 Å². The van der Waals surface area contributed by atoms with Gasteiger partial charge >= 0.3 is 0 Å². The number of hydrogen-bond acceptors (Lipinski definition) is 2. The zero-order valence-electron chi connectivity index (χ0n) is 10.2. The molecule has 0 N–H and O–H groups in total. The van der Waals surface area contributed by atoms with Crippen LogP contribution in [-0.2, 0) is 0 Å². The number of fused-ring (bicyclic) bond motifs is 1. The molecular weight excluding hydrogens is 234 g/mol. The quantitative estimate of drug-likeness (QED) is 0.694. The molecule has 3 aromatic rings. The van der Waals surface area contributed by atoms with Gasteiger partial charge in [-0.05, 0) is 23.8 Å². The van der Waals surface area contributed by atoms with Crippen LogP contribution >= 0.6 is 0 Å². The number of pyridine rings is 1. The average molecular weight is 245 g/mol. The van der Waals surface area contributed by atoms with Gasteiger partial charge in [0.15, 0.2) is 5.69 Å². The fourth-order valence-corrected chi connectivity index (χ4v) is 2.00. The Morgan fingerprint density at radius 3 is 2.58 bits per heavy atom. The Morgan fingerprint density at radius 2 is 1.79 bits per heavy atom. The molecule has 1 aromatic carbocycles. The molecule has 0 aliphatic rings. The van der Waals surface area contributed by atoms with Gasteiger partial charge in [0.25, 0.3) is 0 Å². The Bertz CT molecular complexity index is 777. The molecule has 0 saturated heterocycles. The largest absolute Gasteiger partial charge is 0.299 e. The number of aromatic nitrogens is 2. The van der Waals surface area contributed by atoms with E-state index in [2.05, 4.69) is 11.1 Å². The van der Waals surface area contributed by atoms with Crippen LogP contribution in [0, 0.1) is 11.3 Å². The summed E-state index contributed by atoms with van der Waals surface area (Å²) in [6.45, 7) is 0. The predicted octanol–water partition coefficient (Wildman–Crippen LogP) is 3.38. The van der Waals surface area contributed by atoms with Crippen LogP contribution in [0.3, 0.4) is 0 Å². The Hall–Kier alpha value is -2.86. The van der Waals surface area contributed by atoms with Crippen molar-refractivity contribution in [1.82, 2.24) is 9.38 Å². The fourth-order valence-electron chi connectivity index (χ4n) is 2.00. The normalized spacial score (nSPS) is 10.9. The molecule has 2 aromatic heterocycles. The van der Waals surface area contributed by atoms with Crippen LogP contribution in [0.4, 0.5) is 0 Å². The number of benzene rings is 1. The van der Waals surface area contributed by atoms with Crippen LogP contribution in [0.5, 0.6) is 0 Å². The fraction of sp³-hybridized carbons (Fsp3) is 0. The zero-order valence-corrected chi connectivity index (χ0v) is 10.2. The third kappa shape index (κ3) is 2.12. The first-order chi connectivity index (χ1) is 9.38. The topological polar surface area (TPSA) is 41.1 Å². The molecule has 0 amide bonds. The summed E-state index contributed by atoms with van der Waals surface area (Å²) in [5.74, 6) is 0.760. The first-order valence-corrected chi connectivity index (χ1v) is 5.99. The Morgan fingerprint density at radius 1 is 1.00 bits per heavy atom. The SMILES string of the molecule is N#Cc1nc(/C=C/c2ccccc2)n2ccccc12. The van der Waals surface area contributed by atoms with E-state index in [1.807, 2.05) is 71.3 Å². The van der Waals surface area contributed by atoms with Gasteiger partial charge in [0, 0.05) is 6.20 Å². The Labute approximate surface area is 111 Å². The van der Waals surface area contributed by atoms with Crippen molar-refractivity contribution in [3.63, 3.8) is 0 Å². The van der Waals surface area contributed by atoms with E-state index in [1.54, 1.807) is 0 Å². The van der Waals surface area contributed by atoms with Crippen molar-refractivity contribution >= 4 is 17.7 Å². The molecule has 3 heteroatoms. The second kappa shape index (κ2) is 4.79. The Balaban J connectivity index is 2.07. The zero-order chi connectivity index (χ0) is 13.1. The molecule has 2 heterocycles. The van der Waals surface area contributed by atoms with Crippen molar-refractivity contribution in [2.45, 2.75) is 0 Å². The highest BCUT2D eigenvalue weighted by Gasteiger charge is 2.06. The predicted molar refractivity (Wildman–Crippen MR) is 75.3 cm³/mol. The second-order valence-corrected chi connectivity index (χ2v) is 4.13. The van der Waals surface area contributed by atoms with Crippen molar-refractivity contribution in [3.8, 4) is 6.07 Å². The minimum atomic E-state index is 0.452. The summed E-state index contributed by atoms with van der Waals surface area (Å²) < 4.78 is 1.91. The van der Waals surface area contributed by atoms with E-state index in [9.17, 15) is 0 Å². The maximum absolute atomic E-state index is 9.08. The molecule has 0 aliphatic carbocycles. The van der Waals surface area contributed by atoms with Crippen molar-refractivity contribution in [2.24, 2.45) is 0 Å². The molecule has 3 rings (SSSR count). The Kier molecular flexibility index (Phi) is 2.83. The van der Waals surface area contributed by atoms with E-state index in [0.29, 0.717) is 5.69 Å². The first kappa shape index (κ1) is 11.2. The van der Waals surface area contributed by atoms with E-state index < -0.39 is 0 Å². The minimum absolute atomic E-state index is 0.452. The third-order valence-corrected chi connectivity index (χ3v) is 2.91. The molecule has 0 bridgehead atoms. The molecular formula is C16H11N3. The highest BCUT2D eigenvalue weighted by molar-refractivity contribution is 5.70. The number of nitrogens with zero attached hydrogens (tertiary/aromatic N) is 3. The van der Waals surface area contributed by atoms with E-state index in [4.69, 9.17) is 5.26 Å². The van der Waals surface area contributed by atoms with Crippen molar-refractivity contribution < 1.29 is 0 Å². The number of nitriles is 1. The van der Waals surface area contributed by atoms with Crippen LogP contribution in [0.15, 0.2) is 54.7 Å². The van der Waals surface area contributed by atoms with Gasteiger partial charge in [-0.15, -0.1) is 0 Å². The van der Waals surface area contributed by atoms with Gasteiger partial charge in [0.1, 0.15) is 11.9 Å². The van der Waals surface area contributed by atoms with Crippen LogP contribution < -0.4 is 0 Å². The molecule has 0 radical (unpaired) electrons. The maximum atomic E-state index is 9.08. The van der Waals surface area contributed by atoms with Gasteiger partial charge < -0.3 is 0 Å². The second-order valence-electron chi connectivity index (χ2n) is 4.13. The highest BCUT2D eigenvalue weighted by Crippen LogP contribution is 2.14. The van der Waals surface area contributed by atoms with Crippen LogP contribution in [0.25, 0.3) is 17.7 Å². The van der Waals surface area contributed by atoms with Crippen LogP contribution in [-0.4, -0.2) is 9.38 Å². The summed E-state index contributed by atoms with van der Waals surface area (Å²) in [5, 5.41) is 9.08. The number of rotatable bonds is 2. The lowest BCUT2D eigenvalue weighted by Gasteiger charge is -1.95. The molecule has 90 valence electrons. The summed E-state index contributed by atoms with van der Waals surface area (Å²) in [4.78, 5) is 4.34. The molecule has 19 heavy (non-hydrogen) atoms. The summed E-state index contributed by atoms with van der Waals surface area (Å²) in [6.07, 6.45) is 5.82.